The summed E-state index contributed by atoms with van der Waals surface area (Å²) < 4.78 is 0. The lowest BCUT2D eigenvalue weighted by Crippen LogP contribution is -1.89. The van der Waals surface area contributed by atoms with Crippen LogP contribution in [0.25, 0.3) is 0 Å². The number of hydrogen-bond donors (Lipinski definition) is 1. The van der Waals surface area contributed by atoms with Gasteiger partial charge in [0.1, 0.15) is 0 Å². The Balaban J connectivity index is -0.0000000800. The van der Waals surface area contributed by atoms with Crippen molar-refractivity contribution < 1.29 is 4.79 Å². The Labute approximate surface area is 67.4 Å². The quantitative estimate of drug-likeness (QED) is 0.609. The molecule has 0 aliphatic heterocycles. The Kier molecular flexibility index (Phi) is 28.1. The lowest BCUT2D eigenvalue weighted by atomic mass is 10.6. The summed E-state index contributed by atoms with van der Waals surface area (Å²) in [5.74, 6) is 0. The fourth-order valence-electron chi connectivity index (χ4n) is 0. The molecule has 0 aromatic heterocycles. The molecule has 4 heteroatoms. The van der Waals surface area contributed by atoms with E-state index in [0.717, 1.165) is 0 Å². The van der Waals surface area contributed by atoms with Gasteiger partial charge in [0.15, 0.2) is 0 Å². The van der Waals surface area contributed by atoms with Crippen LogP contribution in [0.1, 0.15) is 13.3 Å². The van der Waals surface area contributed by atoms with Crippen molar-refractivity contribution in [3.8, 4) is 0 Å². The summed E-state index contributed by atoms with van der Waals surface area (Å²) in [4.78, 5) is 9.58. The van der Waals surface area contributed by atoms with Crippen molar-refractivity contribution in [1.82, 2.24) is 5.32 Å². The summed E-state index contributed by atoms with van der Waals surface area (Å²) in [5.41, 5.74) is 0. The molecule has 0 aliphatic rings. The highest BCUT2D eigenvalue weighted by atomic mass is 35.5. The molecule has 0 saturated heterocycles. The van der Waals surface area contributed by atoms with Crippen molar-refractivity contribution in [2.75, 3.05) is 14.1 Å². The topological polar surface area (TPSA) is 29.1 Å². The predicted octanol–water partition coefficient (Wildman–Crippen LogP) is 1.42. The minimum atomic E-state index is -0.273. The summed E-state index contributed by atoms with van der Waals surface area (Å²) in [6, 6.07) is 0. The summed E-state index contributed by atoms with van der Waals surface area (Å²) in [6.45, 7) is 1.72. The molecule has 0 saturated carbocycles. The van der Waals surface area contributed by atoms with Gasteiger partial charge in [0.05, 0.1) is 0 Å². The van der Waals surface area contributed by atoms with Crippen molar-refractivity contribution >= 4 is 29.3 Å². The van der Waals surface area contributed by atoms with Gasteiger partial charge in [-0.1, -0.05) is 6.92 Å². The first kappa shape index (κ1) is 16.1. The van der Waals surface area contributed by atoms with Gasteiger partial charge in [0.2, 0.25) is 5.24 Å². The maximum Gasteiger partial charge on any atom is 0.221 e. The van der Waals surface area contributed by atoms with Crippen molar-refractivity contribution in [2.24, 2.45) is 0 Å². The Hall–Kier alpha value is 0.210. The number of carbonyl (C=O) groups is 1. The smallest absolute Gasteiger partial charge is 0.221 e. The molecule has 0 aromatic rings. The Morgan fingerprint density at radius 3 is 1.67 bits per heavy atom. The molecule has 2 nitrogen and oxygen atoms in total. The van der Waals surface area contributed by atoms with Gasteiger partial charge < -0.3 is 5.32 Å². The van der Waals surface area contributed by atoms with E-state index in [1.165, 1.54) is 0 Å². The van der Waals surface area contributed by atoms with E-state index in [1.807, 2.05) is 14.1 Å². The third kappa shape index (κ3) is 64.8. The van der Waals surface area contributed by atoms with E-state index in [4.69, 9.17) is 11.6 Å². The van der Waals surface area contributed by atoms with E-state index >= 15 is 0 Å². The molecular formula is C5H13Cl2NO. The highest BCUT2D eigenvalue weighted by Gasteiger charge is 1.81. The zero-order valence-electron chi connectivity index (χ0n) is 5.90. The minimum absolute atomic E-state index is 0. The van der Waals surface area contributed by atoms with Crippen LogP contribution in [-0.2, 0) is 4.79 Å². The zero-order valence-corrected chi connectivity index (χ0v) is 7.47. The minimum Gasteiger partial charge on any atom is -0.323 e. The van der Waals surface area contributed by atoms with E-state index in [2.05, 4.69) is 5.32 Å². The monoisotopic (exact) mass is 173 g/mol. The average Bonchev–Trinajstić information content (AvgIpc) is 1.69. The van der Waals surface area contributed by atoms with Gasteiger partial charge >= 0.3 is 0 Å². The first-order valence-electron chi connectivity index (χ1n) is 2.45. The Bertz CT molecular complexity index is 58.9. The molecule has 0 fully saturated rings. The van der Waals surface area contributed by atoms with Crippen LogP contribution >= 0.6 is 24.0 Å². The normalized spacial score (nSPS) is 6.22. The average molecular weight is 174 g/mol. The van der Waals surface area contributed by atoms with Crippen LogP contribution in [-0.4, -0.2) is 19.3 Å². The second-order valence-corrected chi connectivity index (χ2v) is 1.63. The molecule has 0 heterocycles. The summed E-state index contributed by atoms with van der Waals surface area (Å²) >= 11 is 4.82. The van der Waals surface area contributed by atoms with Crippen LogP contribution in [0.5, 0.6) is 0 Å². The van der Waals surface area contributed by atoms with Gasteiger partial charge in [-0.15, -0.1) is 12.4 Å². The third-order valence-electron chi connectivity index (χ3n) is 0.278. The first-order valence-corrected chi connectivity index (χ1v) is 2.83. The van der Waals surface area contributed by atoms with Crippen LogP contribution in [0.4, 0.5) is 0 Å². The zero-order chi connectivity index (χ0) is 6.99. The first-order chi connectivity index (χ1) is 3.68. The second-order valence-electron chi connectivity index (χ2n) is 1.21. The summed E-state index contributed by atoms with van der Waals surface area (Å²) in [7, 11) is 3.75. The van der Waals surface area contributed by atoms with Gasteiger partial charge in [-0.05, 0) is 25.7 Å². The van der Waals surface area contributed by atoms with Crippen molar-refractivity contribution in [3.63, 3.8) is 0 Å². The van der Waals surface area contributed by atoms with E-state index in [1.54, 1.807) is 6.92 Å². The molecule has 1 N–H and O–H groups in total. The molecular weight excluding hydrogens is 161 g/mol. The van der Waals surface area contributed by atoms with Gasteiger partial charge in [-0.3, -0.25) is 4.79 Å². The number of halogens is 2. The van der Waals surface area contributed by atoms with Crippen LogP contribution in [0.3, 0.4) is 0 Å². The molecule has 0 aromatic carbocycles. The highest BCUT2D eigenvalue weighted by Crippen LogP contribution is 1.81. The molecule has 58 valence electrons. The van der Waals surface area contributed by atoms with Crippen LogP contribution in [0.15, 0.2) is 0 Å². The van der Waals surface area contributed by atoms with E-state index in [9.17, 15) is 4.79 Å². The van der Waals surface area contributed by atoms with E-state index < -0.39 is 0 Å². The fraction of sp³-hybridized carbons (Fsp3) is 0.800. The summed E-state index contributed by atoms with van der Waals surface area (Å²) in [5, 5.41) is 2.48. The molecule has 0 unspecified atom stereocenters. The van der Waals surface area contributed by atoms with Gasteiger partial charge in [-0.2, -0.15) is 0 Å². The lowest BCUT2D eigenvalue weighted by molar-refractivity contribution is -0.111. The number of carbonyl (C=O) groups excluding carboxylic acids is 1. The SMILES string of the molecule is CCC(=O)Cl.CNC.Cl. The second kappa shape index (κ2) is 15.7. The fourth-order valence-corrected chi connectivity index (χ4v) is 0. The highest BCUT2D eigenvalue weighted by molar-refractivity contribution is 6.63. The van der Waals surface area contributed by atoms with Crippen molar-refractivity contribution in [2.45, 2.75) is 13.3 Å². The van der Waals surface area contributed by atoms with Crippen LogP contribution < -0.4 is 5.32 Å². The molecule has 9 heavy (non-hydrogen) atoms. The molecule has 0 amide bonds. The Morgan fingerprint density at radius 1 is 1.56 bits per heavy atom. The molecule has 0 spiro atoms. The molecule has 0 radical (unpaired) electrons. The molecule has 0 aliphatic carbocycles. The molecule has 0 bridgehead atoms. The lowest BCUT2D eigenvalue weighted by Gasteiger charge is -1.68. The standard InChI is InChI=1S/C3H5ClO.C2H7N.ClH/c1-2-3(4)5;1-3-2;/h2H2,1H3;3H,1-2H3;1H. The number of rotatable bonds is 1. The van der Waals surface area contributed by atoms with E-state index in [-0.39, 0.29) is 17.6 Å². The van der Waals surface area contributed by atoms with Gasteiger partial charge in [-0.25, -0.2) is 0 Å². The van der Waals surface area contributed by atoms with Gasteiger partial charge in [0.25, 0.3) is 0 Å². The van der Waals surface area contributed by atoms with Crippen LogP contribution in [0, 0.1) is 0 Å². The largest absolute Gasteiger partial charge is 0.323 e. The molecule has 0 atom stereocenters. The maximum absolute atomic E-state index is 9.58. The maximum atomic E-state index is 9.58. The van der Waals surface area contributed by atoms with Crippen molar-refractivity contribution in [1.29, 1.82) is 0 Å². The third-order valence-corrected chi connectivity index (χ3v) is 0.545. The molecule has 0 rings (SSSR count). The van der Waals surface area contributed by atoms with Gasteiger partial charge in [0, 0.05) is 6.42 Å². The number of hydrogen-bond acceptors (Lipinski definition) is 2. The summed E-state index contributed by atoms with van der Waals surface area (Å²) in [6.07, 6.45) is 0.432. The van der Waals surface area contributed by atoms with Crippen LogP contribution in [0.2, 0.25) is 0 Å². The van der Waals surface area contributed by atoms with E-state index in [0.29, 0.717) is 6.42 Å². The Morgan fingerprint density at radius 2 is 1.67 bits per heavy atom. The van der Waals surface area contributed by atoms with Crippen molar-refractivity contribution in [3.05, 3.63) is 0 Å². The predicted molar refractivity (Wildman–Crippen MR) is 43.4 cm³/mol. The number of nitrogens with one attached hydrogen (secondary N) is 1.